The summed E-state index contributed by atoms with van der Waals surface area (Å²) in [5, 5.41) is 2.84. The van der Waals surface area contributed by atoms with Crippen LogP contribution in [-0.4, -0.2) is 42.8 Å². The molecule has 0 bridgehead atoms. The highest BCUT2D eigenvalue weighted by Gasteiger charge is 2.34. The first kappa shape index (κ1) is 20.8. The Morgan fingerprint density at radius 1 is 1.07 bits per heavy atom. The van der Waals surface area contributed by atoms with Gasteiger partial charge in [0.15, 0.2) is 0 Å². The summed E-state index contributed by atoms with van der Waals surface area (Å²) in [6.45, 7) is -0.209. The van der Waals surface area contributed by atoms with Crippen molar-refractivity contribution in [1.82, 2.24) is 10.2 Å². The lowest BCUT2D eigenvalue weighted by Gasteiger charge is -2.22. The largest absolute Gasteiger partial charge is 0.497 e. The Bertz CT molecular complexity index is 834. The second-order valence-electron chi connectivity index (χ2n) is 7.08. The van der Waals surface area contributed by atoms with Crippen molar-refractivity contribution in [1.29, 1.82) is 0 Å². The molecule has 2 aromatic carbocycles. The summed E-state index contributed by atoms with van der Waals surface area (Å²) in [6.07, 6.45) is -0.738. The third-order valence-corrected chi connectivity index (χ3v) is 4.80. The van der Waals surface area contributed by atoms with E-state index in [1.54, 1.807) is 43.5 Å². The van der Waals surface area contributed by atoms with E-state index >= 15 is 0 Å². The van der Waals surface area contributed by atoms with E-state index in [0.717, 1.165) is 29.7 Å². The first-order valence-electron chi connectivity index (χ1n) is 9.54. The molecule has 0 radical (unpaired) electrons. The zero-order valence-corrected chi connectivity index (χ0v) is 16.2. The Hall–Kier alpha value is -2.96. The average molecular weight is 402 g/mol. The number of nitrogens with one attached hydrogen (secondary N) is 1. The van der Waals surface area contributed by atoms with Crippen LogP contribution >= 0.6 is 0 Å². The second-order valence-corrected chi connectivity index (χ2v) is 7.08. The van der Waals surface area contributed by atoms with Crippen molar-refractivity contribution in [2.45, 2.75) is 38.3 Å². The molecule has 7 heteroatoms. The standard InChI is InChI=1S/C22H24F2N2O3/c1-29-19-10-4-15(5-11-19)12-21(27)25-13-16-2-6-17(7-3-16)22(28)26(14-20(23)24)18-8-9-18/h2-7,10-11,18,20H,8-9,12-14H2,1H3,(H,25,27). The number of carbonyl (C=O) groups excluding carboxylic acids is 2. The number of benzene rings is 2. The van der Waals surface area contributed by atoms with Crippen LogP contribution in [0.5, 0.6) is 5.75 Å². The highest BCUT2D eigenvalue weighted by molar-refractivity contribution is 5.94. The molecule has 1 saturated carbocycles. The maximum atomic E-state index is 12.7. The van der Waals surface area contributed by atoms with Gasteiger partial charge in [-0.3, -0.25) is 9.59 Å². The number of amides is 2. The number of rotatable bonds is 9. The first-order valence-corrected chi connectivity index (χ1v) is 9.54. The Kier molecular flexibility index (Phi) is 6.80. The topological polar surface area (TPSA) is 58.6 Å². The van der Waals surface area contributed by atoms with Gasteiger partial charge in [0.25, 0.3) is 12.3 Å². The molecule has 0 atom stereocenters. The summed E-state index contributed by atoms with van der Waals surface area (Å²) in [7, 11) is 1.59. The Labute approximate surface area is 168 Å². The SMILES string of the molecule is COc1ccc(CC(=O)NCc2ccc(C(=O)N(CC(F)F)C3CC3)cc2)cc1. The van der Waals surface area contributed by atoms with Gasteiger partial charge >= 0.3 is 0 Å². The molecule has 0 heterocycles. The van der Waals surface area contributed by atoms with Gasteiger partial charge in [0.2, 0.25) is 5.91 Å². The van der Waals surface area contributed by atoms with Gasteiger partial charge in [-0.1, -0.05) is 24.3 Å². The third-order valence-electron chi connectivity index (χ3n) is 4.80. The van der Waals surface area contributed by atoms with Crippen molar-refractivity contribution in [3.8, 4) is 5.75 Å². The molecule has 2 amide bonds. The number of methoxy groups -OCH3 is 1. The minimum Gasteiger partial charge on any atom is -0.497 e. The second kappa shape index (κ2) is 9.49. The van der Waals surface area contributed by atoms with Crippen molar-refractivity contribution in [2.24, 2.45) is 0 Å². The van der Waals surface area contributed by atoms with Crippen molar-refractivity contribution in [2.75, 3.05) is 13.7 Å². The van der Waals surface area contributed by atoms with Gasteiger partial charge < -0.3 is 15.0 Å². The molecule has 0 aromatic heterocycles. The Morgan fingerprint density at radius 3 is 2.24 bits per heavy atom. The number of hydrogen-bond acceptors (Lipinski definition) is 3. The predicted octanol–water partition coefficient (Wildman–Crippen LogP) is 3.42. The molecular weight excluding hydrogens is 378 g/mol. The molecule has 29 heavy (non-hydrogen) atoms. The lowest BCUT2D eigenvalue weighted by atomic mass is 10.1. The summed E-state index contributed by atoms with van der Waals surface area (Å²) >= 11 is 0. The smallest absolute Gasteiger partial charge is 0.255 e. The van der Waals surface area contributed by atoms with Crippen molar-refractivity contribution in [3.63, 3.8) is 0 Å². The molecule has 0 spiro atoms. The molecule has 1 N–H and O–H groups in total. The number of ether oxygens (including phenoxy) is 1. The Morgan fingerprint density at radius 2 is 1.69 bits per heavy atom. The van der Waals surface area contributed by atoms with Crippen LogP contribution in [0.1, 0.15) is 34.3 Å². The lowest BCUT2D eigenvalue weighted by Crippen LogP contribution is -2.36. The van der Waals surface area contributed by atoms with E-state index < -0.39 is 13.0 Å². The molecule has 0 saturated heterocycles. The third kappa shape index (κ3) is 6.01. The van der Waals surface area contributed by atoms with Crippen molar-refractivity contribution >= 4 is 11.8 Å². The van der Waals surface area contributed by atoms with E-state index in [9.17, 15) is 18.4 Å². The fraction of sp³-hybridized carbons (Fsp3) is 0.364. The van der Waals surface area contributed by atoms with E-state index in [-0.39, 0.29) is 24.3 Å². The van der Waals surface area contributed by atoms with Gasteiger partial charge in [0.1, 0.15) is 5.75 Å². The summed E-state index contributed by atoms with van der Waals surface area (Å²) < 4.78 is 30.6. The highest BCUT2D eigenvalue weighted by Crippen LogP contribution is 2.29. The number of carbonyl (C=O) groups is 2. The summed E-state index contributed by atoms with van der Waals surface area (Å²) in [4.78, 5) is 25.9. The summed E-state index contributed by atoms with van der Waals surface area (Å²) in [5.41, 5.74) is 2.09. The Balaban J connectivity index is 1.51. The fourth-order valence-electron chi connectivity index (χ4n) is 3.06. The van der Waals surface area contributed by atoms with E-state index in [0.29, 0.717) is 12.1 Å². The molecule has 0 aliphatic heterocycles. The van der Waals surface area contributed by atoms with Crippen LogP contribution in [-0.2, 0) is 17.8 Å². The van der Waals surface area contributed by atoms with Crippen LogP contribution in [0.2, 0.25) is 0 Å². The lowest BCUT2D eigenvalue weighted by molar-refractivity contribution is -0.120. The van der Waals surface area contributed by atoms with Gasteiger partial charge in [-0.25, -0.2) is 8.78 Å². The quantitative estimate of drug-likeness (QED) is 0.699. The van der Waals surface area contributed by atoms with Crippen LogP contribution in [0, 0.1) is 0 Å². The minimum atomic E-state index is -2.54. The number of hydrogen-bond donors (Lipinski definition) is 1. The van der Waals surface area contributed by atoms with Crippen molar-refractivity contribution < 1.29 is 23.1 Å². The molecule has 1 fully saturated rings. The number of halogens is 2. The van der Waals surface area contributed by atoms with Crippen LogP contribution in [0.25, 0.3) is 0 Å². The predicted molar refractivity (Wildman–Crippen MR) is 105 cm³/mol. The molecule has 0 unspecified atom stereocenters. The van der Waals surface area contributed by atoms with Crippen LogP contribution in [0.3, 0.4) is 0 Å². The van der Waals surface area contributed by atoms with E-state index in [1.807, 2.05) is 12.1 Å². The minimum absolute atomic E-state index is 0.0755. The molecule has 3 rings (SSSR count). The van der Waals surface area contributed by atoms with Crippen LogP contribution in [0.4, 0.5) is 8.78 Å². The zero-order chi connectivity index (χ0) is 20.8. The van der Waals surface area contributed by atoms with Crippen LogP contribution < -0.4 is 10.1 Å². The van der Waals surface area contributed by atoms with E-state index in [1.165, 1.54) is 4.90 Å². The number of alkyl halides is 2. The number of nitrogens with zero attached hydrogens (tertiary/aromatic N) is 1. The molecule has 1 aliphatic carbocycles. The maximum Gasteiger partial charge on any atom is 0.255 e. The van der Waals surface area contributed by atoms with E-state index in [4.69, 9.17) is 4.74 Å². The monoisotopic (exact) mass is 402 g/mol. The highest BCUT2D eigenvalue weighted by atomic mass is 19.3. The average Bonchev–Trinajstić information content (AvgIpc) is 3.56. The van der Waals surface area contributed by atoms with Crippen LogP contribution in [0.15, 0.2) is 48.5 Å². The molecule has 2 aromatic rings. The molecule has 154 valence electrons. The van der Waals surface area contributed by atoms with Gasteiger partial charge in [-0.15, -0.1) is 0 Å². The zero-order valence-electron chi connectivity index (χ0n) is 16.2. The fourth-order valence-corrected chi connectivity index (χ4v) is 3.06. The van der Waals surface area contributed by atoms with Crippen molar-refractivity contribution in [3.05, 3.63) is 65.2 Å². The van der Waals surface area contributed by atoms with Gasteiger partial charge in [-0.05, 0) is 48.2 Å². The van der Waals surface area contributed by atoms with E-state index in [2.05, 4.69) is 5.32 Å². The first-order chi connectivity index (χ1) is 14.0. The summed E-state index contributed by atoms with van der Waals surface area (Å²) in [5.74, 6) is 0.243. The molecule has 1 aliphatic rings. The normalized spacial score (nSPS) is 13.2. The summed E-state index contributed by atoms with van der Waals surface area (Å²) in [6, 6.07) is 13.9. The molecular formula is C22H24F2N2O3. The van der Waals surface area contributed by atoms with Gasteiger partial charge in [0, 0.05) is 18.2 Å². The molecule has 5 nitrogen and oxygen atoms in total. The maximum absolute atomic E-state index is 12.7. The van der Waals surface area contributed by atoms with Gasteiger partial charge in [-0.2, -0.15) is 0 Å². The van der Waals surface area contributed by atoms with Gasteiger partial charge in [0.05, 0.1) is 20.1 Å².